The van der Waals surface area contributed by atoms with Crippen LogP contribution < -0.4 is 11.1 Å². The van der Waals surface area contributed by atoms with Gasteiger partial charge in [0, 0.05) is 12.0 Å². The summed E-state index contributed by atoms with van der Waals surface area (Å²) >= 11 is 0. The zero-order valence-corrected chi connectivity index (χ0v) is 22.5. The summed E-state index contributed by atoms with van der Waals surface area (Å²) in [5, 5.41) is 3.86. The molecule has 6 rings (SSSR count). The highest BCUT2D eigenvalue weighted by molar-refractivity contribution is 5.71. The molecule has 0 bridgehead atoms. The molecule has 2 heterocycles. The van der Waals surface area contributed by atoms with Gasteiger partial charge < -0.3 is 20.5 Å². The molecule has 0 radical (unpaired) electrons. The van der Waals surface area contributed by atoms with Gasteiger partial charge in [-0.3, -0.25) is 4.79 Å². The summed E-state index contributed by atoms with van der Waals surface area (Å²) in [6.07, 6.45) is 12.5. The third-order valence-corrected chi connectivity index (χ3v) is 12.0. The monoisotopic (exact) mass is 484 g/mol. The van der Waals surface area contributed by atoms with Gasteiger partial charge in [-0.25, -0.2) is 0 Å². The molecule has 4 aliphatic carbocycles. The summed E-state index contributed by atoms with van der Waals surface area (Å²) in [5.74, 6) is 4.13. The third kappa shape index (κ3) is 3.85. The second-order valence-electron chi connectivity index (χ2n) is 13.8. The molecule has 0 amide bonds. The van der Waals surface area contributed by atoms with E-state index in [1.165, 1.54) is 44.9 Å². The Morgan fingerprint density at radius 1 is 1.17 bits per heavy atom. The first kappa shape index (κ1) is 24.4. The average molecular weight is 485 g/mol. The summed E-state index contributed by atoms with van der Waals surface area (Å²) in [7, 11) is 0. The molecule has 5 nitrogen and oxygen atoms in total. The molecule has 35 heavy (non-hydrogen) atoms. The Morgan fingerprint density at radius 3 is 2.80 bits per heavy atom. The van der Waals surface area contributed by atoms with Crippen LogP contribution in [0.15, 0.2) is 11.1 Å². The van der Waals surface area contributed by atoms with Crippen LogP contribution in [-0.4, -0.2) is 42.9 Å². The topological polar surface area (TPSA) is 73.6 Å². The number of piperidine rings is 1. The van der Waals surface area contributed by atoms with Gasteiger partial charge in [0.25, 0.3) is 0 Å². The maximum Gasteiger partial charge on any atom is 0.319 e. The van der Waals surface area contributed by atoms with Gasteiger partial charge in [-0.15, -0.1) is 0 Å². The SMILES string of the molecule is CC1=C2C[C@H]3[C@@H](CCC4C[C@@H](OC(=O)CN)CC[C@@]43C)[C@@H]2CC[C@@]2(C1)O[C@@H]1C[C@H](C)CN[C@H]1[C@H]2C. The smallest absolute Gasteiger partial charge is 0.319 e. The lowest BCUT2D eigenvalue weighted by molar-refractivity contribution is -0.155. The summed E-state index contributed by atoms with van der Waals surface area (Å²) in [6.45, 7) is 11.0. The van der Waals surface area contributed by atoms with Crippen molar-refractivity contribution in [1.82, 2.24) is 5.32 Å². The number of rotatable bonds is 2. The van der Waals surface area contributed by atoms with Gasteiger partial charge in [0.1, 0.15) is 6.10 Å². The quantitative estimate of drug-likeness (QED) is 0.427. The van der Waals surface area contributed by atoms with Crippen molar-refractivity contribution in [3.05, 3.63) is 11.1 Å². The Hall–Kier alpha value is -0.910. The first-order valence-electron chi connectivity index (χ1n) is 14.7. The predicted octanol–water partition coefficient (Wildman–Crippen LogP) is 4.98. The number of nitrogens with one attached hydrogen (secondary N) is 1. The van der Waals surface area contributed by atoms with E-state index in [4.69, 9.17) is 15.2 Å². The molecule has 3 N–H and O–H groups in total. The maximum absolute atomic E-state index is 11.8. The van der Waals surface area contributed by atoms with Crippen LogP contribution in [0.25, 0.3) is 0 Å². The molecule has 5 heteroatoms. The zero-order valence-electron chi connectivity index (χ0n) is 22.5. The lowest BCUT2D eigenvalue weighted by atomic mass is 9.52. The van der Waals surface area contributed by atoms with Crippen molar-refractivity contribution in [3.8, 4) is 0 Å². The molecule has 5 fully saturated rings. The number of fused-ring (bicyclic) bond motifs is 6. The molecular formula is C30H48N2O3. The Balaban J connectivity index is 1.21. The number of hydrogen-bond acceptors (Lipinski definition) is 5. The van der Waals surface area contributed by atoms with Crippen LogP contribution in [0.4, 0.5) is 0 Å². The molecular weight excluding hydrogens is 436 g/mol. The largest absolute Gasteiger partial charge is 0.461 e. The molecule has 6 aliphatic rings. The van der Waals surface area contributed by atoms with Crippen LogP contribution in [-0.2, 0) is 14.3 Å². The number of nitrogens with two attached hydrogens (primary N) is 1. The van der Waals surface area contributed by atoms with Gasteiger partial charge in [0.05, 0.1) is 18.2 Å². The molecule has 2 saturated heterocycles. The molecule has 11 atom stereocenters. The van der Waals surface area contributed by atoms with E-state index in [9.17, 15) is 4.79 Å². The van der Waals surface area contributed by atoms with Crippen LogP contribution in [0.2, 0.25) is 0 Å². The van der Waals surface area contributed by atoms with E-state index in [1.807, 2.05) is 5.57 Å². The summed E-state index contributed by atoms with van der Waals surface area (Å²) < 4.78 is 12.7. The van der Waals surface area contributed by atoms with Crippen molar-refractivity contribution >= 4 is 5.97 Å². The maximum atomic E-state index is 11.8. The Morgan fingerprint density at radius 2 is 2.00 bits per heavy atom. The van der Waals surface area contributed by atoms with Crippen molar-refractivity contribution in [3.63, 3.8) is 0 Å². The molecule has 1 spiro atoms. The van der Waals surface area contributed by atoms with Crippen molar-refractivity contribution in [1.29, 1.82) is 0 Å². The fourth-order valence-corrected chi connectivity index (χ4v) is 10.1. The lowest BCUT2D eigenvalue weighted by Gasteiger charge is -2.54. The minimum Gasteiger partial charge on any atom is -0.461 e. The van der Waals surface area contributed by atoms with Gasteiger partial charge in [0.15, 0.2) is 0 Å². The molecule has 3 saturated carbocycles. The van der Waals surface area contributed by atoms with Crippen LogP contribution in [0.1, 0.15) is 91.9 Å². The lowest BCUT2D eigenvalue weighted by Crippen LogP contribution is -2.49. The Labute approximate surface area is 212 Å². The van der Waals surface area contributed by atoms with Crippen LogP contribution in [0.5, 0.6) is 0 Å². The van der Waals surface area contributed by atoms with Gasteiger partial charge in [-0.2, -0.15) is 0 Å². The van der Waals surface area contributed by atoms with E-state index >= 15 is 0 Å². The van der Waals surface area contributed by atoms with Gasteiger partial charge >= 0.3 is 5.97 Å². The minimum absolute atomic E-state index is 0.00134. The van der Waals surface area contributed by atoms with Gasteiger partial charge in [-0.1, -0.05) is 31.9 Å². The number of carbonyl (C=O) groups is 1. The minimum atomic E-state index is -0.238. The first-order chi connectivity index (χ1) is 16.7. The first-order valence-corrected chi connectivity index (χ1v) is 14.7. The standard InChI is InChI=1S/C30H48N2O3/c1-17-11-26-28(32-16-17)19(3)30(35-26)10-8-22-23-6-5-20-12-21(34-27(33)15-31)7-9-29(20,4)25(23)13-24(22)18(2)14-30/h17,19-23,25-26,28,32H,5-16,31H2,1-4H3/t17-,19+,20?,21-,22-,23-,25-,26+,28-,29-,30-/m0/s1. The number of ether oxygens (including phenoxy) is 2. The van der Waals surface area contributed by atoms with E-state index < -0.39 is 0 Å². The fourth-order valence-electron chi connectivity index (χ4n) is 10.1. The summed E-state index contributed by atoms with van der Waals surface area (Å²) in [4.78, 5) is 11.8. The van der Waals surface area contributed by atoms with E-state index in [0.717, 1.165) is 43.6 Å². The normalized spacial score (nSPS) is 51.3. The van der Waals surface area contributed by atoms with Crippen molar-refractivity contribution in [2.24, 2.45) is 46.7 Å². The van der Waals surface area contributed by atoms with E-state index in [-0.39, 0.29) is 24.2 Å². The van der Waals surface area contributed by atoms with Crippen molar-refractivity contribution in [2.75, 3.05) is 13.1 Å². The van der Waals surface area contributed by atoms with Crippen LogP contribution >= 0.6 is 0 Å². The molecule has 0 aromatic carbocycles. The number of allylic oxidation sites excluding steroid dienone is 1. The molecule has 0 aromatic heterocycles. The van der Waals surface area contributed by atoms with Crippen molar-refractivity contribution < 1.29 is 14.3 Å². The number of hydrogen-bond donors (Lipinski definition) is 2. The Kier molecular flexibility index (Phi) is 6.17. The zero-order chi connectivity index (χ0) is 24.5. The highest BCUT2D eigenvalue weighted by Crippen LogP contribution is 2.65. The van der Waals surface area contributed by atoms with Crippen LogP contribution in [0, 0.1) is 40.9 Å². The van der Waals surface area contributed by atoms with E-state index in [2.05, 4.69) is 33.0 Å². The highest BCUT2D eigenvalue weighted by Gasteiger charge is 2.59. The summed E-state index contributed by atoms with van der Waals surface area (Å²) in [5.41, 5.74) is 9.40. The summed E-state index contributed by atoms with van der Waals surface area (Å²) in [6, 6.07) is 0.535. The highest BCUT2D eigenvalue weighted by atomic mass is 16.5. The van der Waals surface area contributed by atoms with Gasteiger partial charge in [0.2, 0.25) is 0 Å². The molecule has 196 valence electrons. The van der Waals surface area contributed by atoms with E-state index in [1.54, 1.807) is 5.57 Å². The van der Waals surface area contributed by atoms with Gasteiger partial charge in [-0.05, 0) is 113 Å². The van der Waals surface area contributed by atoms with E-state index in [0.29, 0.717) is 35.3 Å². The second-order valence-corrected chi connectivity index (χ2v) is 13.8. The number of carbonyl (C=O) groups excluding carboxylic acids is 1. The fraction of sp³-hybridized carbons (Fsp3) is 0.900. The average Bonchev–Trinajstić information content (AvgIpc) is 3.29. The number of esters is 1. The Bertz CT molecular complexity index is 887. The predicted molar refractivity (Wildman–Crippen MR) is 138 cm³/mol. The molecule has 1 unspecified atom stereocenters. The second kappa shape index (κ2) is 8.84. The van der Waals surface area contributed by atoms with Crippen molar-refractivity contribution in [2.45, 2.75) is 116 Å². The molecule has 0 aromatic rings. The molecule has 2 aliphatic heterocycles. The van der Waals surface area contributed by atoms with Crippen LogP contribution in [0.3, 0.4) is 0 Å². The third-order valence-electron chi connectivity index (χ3n) is 12.0.